The second-order valence-corrected chi connectivity index (χ2v) is 6.62. The summed E-state index contributed by atoms with van der Waals surface area (Å²) in [6.45, 7) is 2.97. The lowest BCUT2D eigenvalue weighted by Gasteiger charge is -2.24. The number of aromatic amines is 1. The molecule has 1 unspecified atom stereocenters. The van der Waals surface area contributed by atoms with Gasteiger partial charge in [0, 0.05) is 30.2 Å². The standard InChI is InChI=1S/C21H24FN3O/c1-15(25(2)14-16-6-5-7-18(22)12-16)21(26)23-11-10-17-13-24-20-9-4-3-8-19(17)20/h3-9,12-13,15,24H,10-11,14H2,1-2H3,(H,23,26). The normalized spacial score (nSPS) is 12.5. The number of hydrogen-bond donors (Lipinski definition) is 2. The van der Waals surface area contributed by atoms with Gasteiger partial charge in [0.1, 0.15) is 5.82 Å². The lowest BCUT2D eigenvalue weighted by molar-refractivity contribution is -0.125. The number of aromatic nitrogens is 1. The number of nitrogens with zero attached hydrogens (tertiary/aromatic N) is 1. The van der Waals surface area contributed by atoms with E-state index in [1.165, 1.54) is 23.1 Å². The molecule has 5 heteroatoms. The molecular formula is C21H24FN3O. The summed E-state index contributed by atoms with van der Waals surface area (Å²) < 4.78 is 13.3. The van der Waals surface area contributed by atoms with Crippen LogP contribution in [0, 0.1) is 5.82 Å². The van der Waals surface area contributed by atoms with Crippen molar-refractivity contribution in [3.05, 3.63) is 71.7 Å². The lowest BCUT2D eigenvalue weighted by atomic mass is 10.1. The molecular weight excluding hydrogens is 329 g/mol. The van der Waals surface area contributed by atoms with Gasteiger partial charge in [-0.25, -0.2) is 4.39 Å². The lowest BCUT2D eigenvalue weighted by Crippen LogP contribution is -2.43. The molecule has 1 heterocycles. The molecule has 1 amide bonds. The van der Waals surface area contributed by atoms with Crippen molar-refractivity contribution >= 4 is 16.8 Å². The quantitative estimate of drug-likeness (QED) is 0.683. The Morgan fingerprint density at radius 3 is 2.85 bits per heavy atom. The van der Waals surface area contributed by atoms with E-state index in [0.717, 1.165) is 17.5 Å². The van der Waals surface area contributed by atoms with Gasteiger partial charge in [-0.1, -0.05) is 30.3 Å². The number of carbonyl (C=O) groups excluding carboxylic acids is 1. The average molecular weight is 353 g/mol. The van der Waals surface area contributed by atoms with Crippen LogP contribution in [0.3, 0.4) is 0 Å². The number of nitrogens with one attached hydrogen (secondary N) is 2. The van der Waals surface area contributed by atoms with Crippen LogP contribution in [-0.4, -0.2) is 35.4 Å². The van der Waals surface area contributed by atoms with Crippen molar-refractivity contribution in [1.29, 1.82) is 0 Å². The molecule has 0 fully saturated rings. The van der Waals surface area contributed by atoms with Crippen LogP contribution in [0.2, 0.25) is 0 Å². The number of benzene rings is 2. The number of halogens is 1. The second kappa shape index (κ2) is 8.15. The molecule has 0 saturated heterocycles. The van der Waals surface area contributed by atoms with E-state index < -0.39 is 0 Å². The number of H-pyrrole nitrogens is 1. The van der Waals surface area contributed by atoms with Gasteiger partial charge in [-0.05, 0) is 49.7 Å². The van der Waals surface area contributed by atoms with Crippen LogP contribution in [0.15, 0.2) is 54.7 Å². The van der Waals surface area contributed by atoms with Crippen LogP contribution < -0.4 is 5.32 Å². The highest BCUT2D eigenvalue weighted by atomic mass is 19.1. The van der Waals surface area contributed by atoms with Gasteiger partial charge in [-0.3, -0.25) is 9.69 Å². The Morgan fingerprint density at radius 2 is 2.04 bits per heavy atom. The van der Waals surface area contributed by atoms with Crippen LogP contribution >= 0.6 is 0 Å². The minimum atomic E-state index is -0.291. The summed E-state index contributed by atoms with van der Waals surface area (Å²) in [5.74, 6) is -0.282. The van der Waals surface area contributed by atoms with E-state index >= 15 is 0 Å². The van der Waals surface area contributed by atoms with Crippen molar-refractivity contribution < 1.29 is 9.18 Å². The molecule has 2 N–H and O–H groups in total. The van der Waals surface area contributed by atoms with E-state index in [4.69, 9.17) is 0 Å². The number of fused-ring (bicyclic) bond motifs is 1. The highest BCUT2D eigenvalue weighted by Gasteiger charge is 2.18. The Kier molecular flexibility index (Phi) is 5.68. The summed E-state index contributed by atoms with van der Waals surface area (Å²) in [7, 11) is 1.87. The zero-order valence-electron chi connectivity index (χ0n) is 15.1. The van der Waals surface area contributed by atoms with E-state index in [2.05, 4.69) is 16.4 Å². The van der Waals surface area contributed by atoms with E-state index in [1.54, 1.807) is 6.07 Å². The third-order valence-electron chi connectivity index (χ3n) is 4.73. The van der Waals surface area contributed by atoms with Gasteiger partial charge in [-0.2, -0.15) is 0 Å². The maximum Gasteiger partial charge on any atom is 0.237 e. The van der Waals surface area contributed by atoms with Crippen molar-refractivity contribution in [1.82, 2.24) is 15.2 Å². The third-order valence-corrected chi connectivity index (χ3v) is 4.73. The fourth-order valence-corrected chi connectivity index (χ4v) is 3.07. The average Bonchev–Trinajstić information content (AvgIpc) is 3.04. The largest absolute Gasteiger partial charge is 0.361 e. The molecule has 3 aromatic rings. The first-order valence-electron chi connectivity index (χ1n) is 8.82. The first-order valence-corrected chi connectivity index (χ1v) is 8.82. The van der Waals surface area contributed by atoms with Crippen LogP contribution in [0.4, 0.5) is 4.39 Å². The smallest absolute Gasteiger partial charge is 0.237 e. The number of rotatable bonds is 7. The van der Waals surface area contributed by atoms with E-state index in [-0.39, 0.29) is 17.8 Å². The first kappa shape index (κ1) is 18.1. The molecule has 0 aliphatic carbocycles. The first-order chi connectivity index (χ1) is 12.5. The predicted octanol–water partition coefficient (Wildman–Crippen LogP) is 3.49. The number of likely N-dealkylation sites (N-methyl/N-ethyl adjacent to an activating group) is 1. The predicted molar refractivity (Wildman–Crippen MR) is 102 cm³/mol. The molecule has 0 bridgehead atoms. The van der Waals surface area contributed by atoms with Crippen LogP contribution in [-0.2, 0) is 17.8 Å². The molecule has 1 aromatic heterocycles. The number of hydrogen-bond acceptors (Lipinski definition) is 2. The van der Waals surface area contributed by atoms with Gasteiger partial charge in [-0.15, -0.1) is 0 Å². The number of para-hydroxylation sites is 1. The van der Waals surface area contributed by atoms with Gasteiger partial charge in [0.2, 0.25) is 5.91 Å². The minimum Gasteiger partial charge on any atom is -0.361 e. The molecule has 3 rings (SSSR count). The fraction of sp³-hybridized carbons (Fsp3) is 0.286. The summed E-state index contributed by atoms with van der Waals surface area (Å²) in [6.07, 6.45) is 2.77. The Hall–Kier alpha value is -2.66. The summed E-state index contributed by atoms with van der Waals surface area (Å²) in [4.78, 5) is 17.6. The molecule has 0 saturated carbocycles. The van der Waals surface area contributed by atoms with E-state index in [0.29, 0.717) is 13.1 Å². The van der Waals surface area contributed by atoms with Crippen molar-refractivity contribution in [2.45, 2.75) is 25.9 Å². The molecule has 0 aliphatic heterocycles. The molecule has 2 aromatic carbocycles. The molecule has 0 spiro atoms. The van der Waals surface area contributed by atoms with E-state index in [9.17, 15) is 9.18 Å². The topological polar surface area (TPSA) is 48.1 Å². The monoisotopic (exact) mass is 353 g/mol. The molecule has 0 radical (unpaired) electrons. The van der Waals surface area contributed by atoms with E-state index in [1.807, 2.05) is 49.3 Å². The highest BCUT2D eigenvalue weighted by Crippen LogP contribution is 2.17. The third kappa shape index (κ3) is 4.29. The molecule has 26 heavy (non-hydrogen) atoms. The van der Waals surface area contributed by atoms with Crippen molar-refractivity contribution in [2.75, 3.05) is 13.6 Å². The number of carbonyl (C=O) groups is 1. The summed E-state index contributed by atoms with van der Waals surface area (Å²) in [5.41, 5.74) is 3.16. The Bertz CT molecular complexity index is 890. The highest BCUT2D eigenvalue weighted by molar-refractivity contribution is 5.83. The van der Waals surface area contributed by atoms with Gasteiger partial charge in [0.05, 0.1) is 6.04 Å². The Labute approximate surface area is 153 Å². The van der Waals surface area contributed by atoms with Crippen LogP contribution in [0.1, 0.15) is 18.1 Å². The zero-order valence-corrected chi connectivity index (χ0v) is 15.1. The maximum absolute atomic E-state index is 13.3. The maximum atomic E-state index is 13.3. The van der Waals surface area contributed by atoms with Crippen molar-refractivity contribution in [3.63, 3.8) is 0 Å². The Balaban J connectivity index is 1.50. The molecule has 136 valence electrons. The second-order valence-electron chi connectivity index (χ2n) is 6.62. The summed E-state index contributed by atoms with van der Waals surface area (Å²) >= 11 is 0. The summed E-state index contributed by atoms with van der Waals surface area (Å²) in [5, 5.41) is 4.19. The number of amides is 1. The fourth-order valence-electron chi connectivity index (χ4n) is 3.07. The SMILES string of the molecule is CC(C(=O)NCCc1c[nH]c2ccccc12)N(C)Cc1cccc(F)c1. The van der Waals surface area contributed by atoms with Gasteiger partial charge in [0.15, 0.2) is 0 Å². The molecule has 4 nitrogen and oxygen atoms in total. The van der Waals surface area contributed by atoms with Gasteiger partial charge >= 0.3 is 0 Å². The van der Waals surface area contributed by atoms with Crippen molar-refractivity contribution in [2.24, 2.45) is 0 Å². The molecule has 1 atom stereocenters. The van der Waals surface area contributed by atoms with Crippen LogP contribution in [0.5, 0.6) is 0 Å². The van der Waals surface area contributed by atoms with Crippen molar-refractivity contribution in [3.8, 4) is 0 Å². The minimum absolute atomic E-state index is 0.0243. The van der Waals surface area contributed by atoms with Crippen LogP contribution in [0.25, 0.3) is 10.9 Å². The van der Waals surface area contributed by atoms with Gasteiger partial charge < -0.3 is 10.3 Å². The Morgan fingerprint density at radius 1 is 1.23 bits per heavy atom. The molecule has 0 aliphatic rings. The van der Waals surface area contributed by atoms with Gasteiger partial charge in [0.25, 0.3) is 0 Å². The zero-order chi connectivity index (χ0) is 18.5. The summed E-state index contributed by atoms with van der Waals surface area (Å²) in [6, 6.07) is 14.3.